The Morgan fingerprint density at radius 2 is 2.04 bits per heavy atom. The number of alkyl halides is 1. The van der Waals surface area contributed by atoms with Gasteiger partial charge in [-0.05, 0) is 48.9 Å². The van der Waals surface area contributed by atoms with Crippen molar-refractivity contribution < 1.29 is 5.11 Å². The van der Waals surface area contributed by atoms with Gasteiger partial charge in [0.25, 0.3) is 0 Å². The molecule has 122 valence electrons. The van der Waals surface area contributed by atoms with Crippen molar-refractivity contribution in [3.8, 4) is 5.75 Å². The molecule has 3 aromatic rings. The van der Waals surface area contributed by atoms with Gasteiger partial charge in [-0.25, -0.2) is 9.97 Å². The first-order chi connectivity index (χ1) is 11.6. The van der Waals surface area contributed by atoms with Crippen LogP contribution in [0.25, 0.3) is 22.4 Å². The van der Waals surface area contributed by atoms with E-state index in [2.05, 4.69) is 44.8 Å². The second-order valence-corrected chi connectivity index (χ2v) is 8.09. The highest BCUT2D eigenvalue weighted by molar-refractivity contribution is 14.1. The van der Waals surface area contributed by atoms with Crippen LogP contribution in [0.2, 0.25) is 0 Å². The molecule has 2 N–H and O–H groups in total. The number of aromatic hydroxyl groups is 1. The third-order valence-corrected chi connectivity index (χ3v) is 4.46. The number of nitrogens with one attached hydrogen (secondary N) is 1. The number of hydrogen-bond donors (Lipinski definition) is 2. The average molecular weight is 449 g/mol. The quantitative estimate of drug-likeness (QED) is 0.240. The van der Waals surface area contributed by atoms with Crippen molar-refractivity contribution in [2.24, 2.45) is 0 Å². The van der Waals surface area contributed by atoms with Gasteiger partial charge in [0.2, 0.25) is 0 Å². The number of phenolic OH excluding ortho intramolecular Hbond substituents is 1. The molecule has 3 rings (SSSR count). The number of rotatable bonds is 5. The van der Waals surface area contributed by atoms with Crippen molar-refractivity contribution in [3.63, 3.8) is 0 Å². The number of aromatic nitrogens is 2. The van der Waals surface area contributed by atoms with Crippen LogP contribution in [0.4, 0.5) is 5.82 Å². The number of allylic oxidation sites excluding steroid dienone is 2. The van der Waals surface area contributed by atoms with Gasteiger partial charge in [-0.3, -0.25) is 0 Å². The van der Waals surface area contributed by atoms with Gasteiger partial charge in [-0.2, -0.15) is 0 Å². The summed E-state index contributed by atoms with van der Waals surface area (Å²) in [6, 6.07) is 9.21. The Bertz CT molecular complexity index is 885. The zero-order valence-corrected chi connectivity index (χ0v) is 16.0. The van der Waals surface area contributed by atoms with Gasteiger partial charge in [0, 0.05) is 6.20 Å². The predicted octanol–water partition coefficient (Wildman–Crippen LogP) is 5.32. The lowest BCUT2D eigenvalue weighted by molar-refractivity contribution is 0.476. The molecule has 0 saturated carbocycles. The summed E-state index contributed by atoms with van der Waals surface area (Å²) in [5, 5.41) is 13.6. The van der Waals surface area contributed by atoms with E-state index in [1.807, 2.05) is 48.7 Å². The Morgan fingerprint density at radius 1 is 1.21 bits per heavy atom. The molecule has 6 heteroatoms. The molecule has 0 aliphatic heterocycles. The number of benzene rings is 1. The molecule has 0 fully saturated rings. The van der Waals surface area contributed by atoms with Crippen LogP contribution in [0.3, 0.4) is 0 Å². The minimum absolute atomic E-state index is 0.268. The summed E-state index contributed by atoms with van der Waals surface area (Å²) in [4.78, 5) is 8.87. The van der Waals surface area contributed by atoms with Crippen LogP contribution in [0.1, 0.15) is 17.5 Å². The SMILES string of the molecule is CC(I)Nc1ccc(/C=C/C=C/c2nc3ccc(O)cc3s2)cn1. The van der Waals surface area contributed by atoms with Crippen molar-refractivity contribution in [1.29, 1.82) is 0 Å². The van der Waals surface area contributed by atoms with Gasteiger partial charge >= 0.3 is 0 Å². The normalized spacial score (nSPS) is 13.1. The van der Waals surface area contributed by atoms with E-state index in [0.717, 1.165) is 26.6 Å². The molecule has 2 aromatic heterocycles. The molecule has 4 nitrogen and oxygen atoms in total. The summed E-state index contributed by atoms with van der Waals surface area (Å²) in [5.41, 5.74) is 1.94. The molecular weight excluding hydrogens is 433 g/mol. The largest absolute Gasteiger partial charge is 0.508 e. The Balaban J connectivity index is 1.65. The van der Waals surface area contributed by atoms with E-state index in [4.69, 9.17) is 0 Å². The number of nitrogens with zero attached hydrogens (tertiary/aromatic N) is 2. The molecule has 0 amide bonds. The van der Waals surface area contributed by atoms with E-state index >= 15 is 0 Å². The maximum absolute atomic E-state index is 9.49. The summed E-state index contributed by atoms with van der Waals surface area (Å²) in [5.74, 6) is 1.14. The maximum Gasteiger partial charge on any atom is 0.126 e. The van der Waals surface area contributed by atoms with Crippen LogP contribution >= 0.6 is 33.9 Å². The molecule has 2 heterocycles. The minimum Gasteiger partial charge on any atom is -0.508 e. The fraction of sp³-hybridized carbons (Fsp3) is 0.111. The second kappa shape index (κ2) is 7.76. The van der Waals surface area contributed by atoms with Gasteiger partial charge < -0.3 is 10.4 Å². The van der Waals surface area contributed by atoms with E-state index in [0.29, 0.717) is 4.05 Å². The van der Waals surface area contributed by atoms with Crippen LogP contribution in [0.15, 0.2) is 48.7 Å². The Kier molecular flexibility index (Phi) is 5.47. The average Bonchev–Trinajstić information content (AvgIpc) is 2.94. The lowest BCUT2D eigenvalue weighted by Gasteiger charge is -2.06. The maximum atomic E-state index is 9.49. The van der Waals surface area contributed by atoms with E-state index in [-0.39, 0.29) is 5.75 Å². The van der Waals surface area contributed by atoms with Gasteiger partial charge in [-0.1, -0.05) is 40.8 Å². The number of phenols is 1. The van der Waals surface area contributed by atoms with Gasteiger partial charge in [0.05, 0.1) is 14.3 Å². The number of anilines is 1. The fourth-order valence-corrected chi connectivity index (χ4v) is 3.33. The van der Waals surface area contributed by atoms with Crippen LogP contribution in [0.5, 0.6) is 5.75 Å². The lowest BCUT2D eigenvalue weighted by atomic mass is 10.2. The highest BCUT2D eigenvalue weighted by atomic mass is 127. The van der Waals surface area contributed by atoms with Gasteiger partial charge in [0.15, 0.2) is 0 Å². The molecule has 1 atom stereocenters. The molecule has 0 saturated heterocycles. The van der Waals surface area contributed by atoms with Crippen LogP contribution < -0.4 is 5.32 Å². The third kappa shape index (κ3) is 4.55. The summed E-state index contributed by atoms with van der Waals surface area (Å²) < 4.78 is 1.32. The van der Waals surface area contributed by atoms with E-state index in [1.54, 1.807) is 23.5 Å². The van der Waals surface area contributed by atoms with Crippen molar-refractivity contribution in [2.45, 2.75) is 11.0 Å². The van der Waals surface area contributed by atoms with Crippen molar-refractivity contribution >= 4 is 62.1 Å². The zero-order chi connectivity index (χ0) is 16.9. The predicted molar refractivity (Wildman–Crippen MR) is 111 cm³/mol. The topological polar surface area (TPSA) is 58.0 Å². The molecule has 0 bridgehead atoms. The Hall–Kier alpha value is -1.93. The monoisotopic (exact) mass is 449 g/mol. The first kappa shape index (κ1) is 16.9. The van der Waals surface area contributed by atoms with E-state index < -0.39 is 0 Å². The first-order valence-corrected chi connectivity index (χ1v) is 9.47. The molecule has 0 radical (unpaired) electrons. The molecule has 0 aliphatic carbocycles. The molecule has 1 aromatic carbocycles. The van der Waals surface area contributed by atoms with Crippen LogP contribution in [0, 0.1) is 0 Å². The van der Waals surface area contributed by atoms with E-state index in [1.165, 1.54) is 0 Å². The standard InChI is InChI=1S/C18H16IN3OS/c1-12(19)21-17-9-6-13(11-20-17)4-2-3-5-18-22-15-8-7-14(23)10-16(15)24-18/h2-12,23H,1H3,(H,20,21)/b4-2+,5-3+. The smallest absolute Gasteiger partial charge is 0.126 e. The third-order valence-electron chi connectivity index (χ3n) is 3.16. The molecule has 0 spiro atoms. The molecule has 24 heavy (non-hydrogen) atoms. The number of halogens is 1. The van der Waals surface area contributed by atoms with Crippen molar-refractivity contribution in [1.82, 2.24) is 9.97 Å². The van der Waals surface area contributed by atoms with Crippen LogP contribution in [-0.4, -0.2) is 19.1 Å². The van der Waals surface area contributed by atoms with Crippen molar-refractivity contribution in [3.05, 3.63) is 59.3 Å². The Labute approximate surface area is 158 Å². The summed E-state index contributed by atoms with van der Waals surface area (Å²) >= 11 is 3.85. The summed E-state index contributed by atoms with van der Waals surface area (Å²) in [6.07, 6.45) is 9.72. The van der Waals surface area contributed by atoms with Gasteiger partial charge in [0.1, 0.15) is 16.6 Å². The van der Waals surface area contributed by atoms with Crippen molar-refractivity contribution in [2.75, 3.05) is 5.32 Å². The summed E-state index contributed by atoms with van der Waals surface area (Å²) in [6.45, 7) is 2.07. The second-order valence-electron chi connectivity index (χ2n) is 5.16. The van der Waals surface area contributed by atoms with E-state index in [9.17, 15) is 5.11 Å². The number of thiazole rings is 1. The zero-order valence-electron chi connectivity index (χ0n) is 13.0. The lowest BCUT2D eigenvalue weighted by Crippen LogP contribution is -2.07. The first-order valence-electron chi connectivity index (χ1n) is 7.41. The summed E-state index contributed by atoms with van der Waals surface area (Å²) in [7, 11) is 0. The fourth-order valence-electron chi connectivity index (χ4n) is 2.10. The van der Waals surface area contributed by atoms with Gasteiger partial charge in [-0.15, -0.1) is 11.3 Å². The highest BCUT2D eigenvalue weighted by Crippen LogP contribution is 2.26. The van der Waals surface area contributed by atoms with Crippen LogP contribution in [-0.2, 0) is 0 Å². The molecular formula is C18H16IN3OS. The molecule has 0 aliphatic rings. The minimum atomic E-state index is 0.268. The highest BCUT2D eigenvalue weighted by Gasteiger charge is 2.01. The number of hydrogen-bond acceptors (Lipinski definition) is 5. The number of fused-ring (bicyclic) bond motifs is 1. The molecule has 1 unspecified atom stereocenters. The Morgan fingerprint density at radius 3 is 2.79 bits per heavy atom. The number of pyridine rings is 1.